The van der Waals surface area contributed by atoms with Gasteiger partial charge in [-0.05, 0) is 24.3 Å². The number of hydrogen-bond acceptors (Lipinski definition) is 5. The molecule has 0 spiro atoms. The van der Waals surface area contributed by atoms with E-state index in [2.05, 4.69) is 5.43 Å². The zero-order valence-corrected chi connectivity index (χ0v) is 23.3. The normalized spacial score (nSPS) is 10.2. The van der Waals surface area contributed by atoms with Crippen LogP contribution in [0.2, 0.25) is 0 Å². The van der Waals surface area contributed by atoms with Gasteiger partial charge in [-0.1, -0.05) is 121 Å². The number of hydrazine groups is 2. The fraction of sp³-hybridized carbons (Fsp3) is 0.0645. The minimum absolute atomic E-state index is 0.229. The summed E-state index contributed by atoms with van der Waals surface area (Å²) in [6.45, 7) is 1.25. The topological polar surface area (TPSA) is 73.0 Å². The van der Waals surface area contributed by atoms with Crippen LogP contribution in [-0.2, 0) is 14.4 Å². The van der Waals surface area contributed by atoms with Crippen LogP contribution in [-0.4, -0.2) is 32.7 Å². The van der Waals surface area contributed by atoms with Gasteiger partial charge in [0.05, 0.1) is 11.4 Å². The maximum Gasteiger partial charge on any atom is 0.258 e. The molecule has 4 aromatic rings. The van der Waals surface area contributed by atoms with E-state index in [-0.39, 0.29) is 4.99 Å². The van der Waals surface area contributed by atoms with Crippen LogP contribution in [0.1, 0.15) is 24.5 Å². The first-order valence-corrected chi connectivity index (χ1v) is 13.2. The Labute approximate surface area is 243 Å². The average Bonchev–Trinajstić information content (AvgIpc) is 2.99. The maximum atomic E-state index is 13.6. The number of thiocarbonyl (C=S) groups is 2. The molecule has 7 nitrogen and oxygen atoms in total. The number of amides is 3. The summed E-state index contributed by atoms with van der Waals surface area (Å²) in [5, 5.41) is 3.70. The van der Waals surface area contributed by atoms with E-state index >= 15 is 0 Å². The third kappa shape index (κ3) is 6.82. The highest BCUT2D eigenvalue weighted by Crippen LogP contribution is 2.22. The molecule has 0 saturated carbocycles. The molecule has 0 unspecified atom stereocenters. The number of rotatable bonds is 6. The largest absolute Gasteiger partial charge is 0.273 e. The van der Waals surface area contributed by atoms with Gasteiger partial charge in [-0.2, -0.15) is 5.01 Å². The van der Waals surface area contributed by atoms with Crippen molar-refractivity contribution in [2.24, 2.45) is 0 Å². The van der Waals surface area contributed by atoms with Crippen molar-refractivity contribution in [2.75, 3.05) is 10.0 Å². The Morgan fingerprint density at radius 1 is 0.625 bits per heavy atom. The average molecular weight is 567 g/mol. The highest BCUT2D eigenvalue weighted by molar-refractivity contribution is 7.81. The van der Waals surface area contributed by atoms with E-state index in [0.29, 0.717) is 27.5 Å². The van der Waals surface area contributed by atoms with Gasteiger partial charge in [-0.25, -0.2) is 10.0 Å². The molecule has 40 heavy (non-hydrogen) atoms. The first kappa shape index (κ1) is 28.3. The van der Waals surface area contributed by atoms with Gasteiger partial charge in [0.2, 0.25) is 11.8 Å². The zero-order chi connectivity index (χ0) is 28.5. The fourth-order valence-corrected chi connectivity index (χ4v) is 4.53. The Hall–Kier alpha value is -4.73. The summed E-state index contributed by atoms with van der Waals surface area (Å²) >= 11 is 11.4. The summed E-state index contributed by atoms with van der Waals surface area (Å²) in [6, 6.07) is 36.1. The molecule has 0 heterocycles. The second-order valence-corrected chi connectivity index (χ2v) is 9.37. The molecule has 1 N–H and O–H groups in total. The van der Waals surface area contributed by atoms with Crippen LogP contribution in [0, 0.1) is 0 Å². The van der Waals surface area contributed by atoms with Gasteiger partial charge in [0.1, 0.15) is 16.4 Å². The predicted molar refractivity (Wildman–Crippen MR) is 164 cm³/mol. The molecule has 3 amide bonds. The molecule has 0 atom stereocenters. The number of imide groups is 1. The Kier molecular flexibility index (Phi) is 9.45. The molecular formula is C31H26N4O3S2. The van der Waals surface area contributed by atoms with Crippen molar-refractivity contribution in [1.82, 2.24) is 10.4 Å². The molecule has 0 saturated heterocycles. The van der Waals surface area contributed by atoms with Gasteiger partial charge in [-0.3, -0.25) is 19.8 Å². The van der Waals surface area contributed by atoms with Crippen LogP contribution in [0.5, 0.6) is 0 Å². The van der Waals surface area contributed by atoms with E-state index in [0.717, 1.165) is 5.01 Å². The number of carbonyl (C=O) groups excluding carboxylic acids is 3. The van der Waals surface area contributed by atoms with Crippen molar-refractivity contribution in [3.05, 3.63) is 132 Å². The van der Waals surface area contributed by atoms with E-state index in [1.807, 2.05) is 72.8 Å². The standard InChI is InChI=1S/C31H26N4O3S2/c1-23(36)34(35(27-20-12-5-13-21-27)31(40)25-16-8-3-9-17-25)29(38)22-28(37)32-33(26-18-10-4-11-19-26)30(39)24-14-6-2-7-15-24/h2-21H,22H2,1H3,(H,32,37). The van der Waals surface area contributed by atoms with Crippen LogP contribution in [0.3, 0.4) is 0 Å². The molecule has 0 radical (unpaired) electrons. The van der Waals surface area contributed by atoms with Crippen molar-refractivity contribution < 1.29 is 14.4 Å². The SMILES string of the molecule is CC(=O)N(C(=O)CC(=O)NN(C(=S)c1ccccc1)c1ccccc1)N(C(=S)c1ccccc1)c1ccccc1. The molecule has 9 heteroatoms. The highest BCUT2D eigenvalue weighted by atomic mass is 32.1. The Bertz CT molecular complexity index is 1500. The van der Waals surface area contributed by atoms with Crippen molar-refractivity contribution >= 4 is 63.5 Å². The van der Waals surface area contributed by atoms with Crippen LogP contribution in [0.4, 0.5) is 11.4 Å². The van der Waals surface area contributed by atoms with Crippen LogP contribution in [0.25, 0.3) is 0 Å². The Balaban J connectivity index is 1.61. The molecule has 4 aromatic carbocycles. The summed E-state index contributed by atoms with van der Waals surface area (Å²) in [6.07, 6.45) is -0.638. The lowest BCUT2D eigenvalue weighted by molar-refractivity contribution is -0.144. The first-order chi connectivity index (χ1) is 19.4. The van der Waals surface area contributed by atoms with Crippen molar-refractivity contribution in [1.29, 1.82) is 0 Å². The lowest BCUT2D eigenvalue weighted by Gasteiger charge is -2.34. The molecule has 200 valence electrons. The third-order valence-electron chi connectivity index (χ3n) is 5.73. The zero-order valence-electron chi connectivity index (χ0n) is 21.6. The van der Waals surface area contributed by atoms with Crippen LogP contribution in [0.15, 0.2) is 121 Å². The number of hydrogen-bond donors (Lipinski definition) is 1. The van der Waals surface area contributed by atoms with E-state index < -0.39 is 24.1 Å². The lowest BCUT2D eigenvalue weighted by atomic mass is 10.2. The Morgan fingerprint density at radius 2 is 1.05 bits per heavy atom. The molecule has 0 aliphatic heterocycles. The number of anilines is 2. The minimum atomic E-state index is -0.759. The quantitative estimate of drug-likeness (QED) is 0.189. The molecular weight excluding hydrogens is 541 g/mol. The van der Waals surface area contributed by atoms with Crippen molar-refractivity contribution in [2.45, 2.75) is 13.3 Å². The van der Waals surface area contributed by atoms with Crippen LogP contribution >= 0.6 is 24.4 Å². The van der Waals surface area contributed by atoms with Gasteiger partial charge in [-0.15, -0.1) is 0 Å². The number of para-hydroxylation sites is 2. The summed E-state index contributed by atoms with van der Waals surface area (Å²) in [7, 11) is 0. The van der Waals surface area contributed by atoms with Gasteiger partial charge in [0.25, 0.3) is 5.91 Å². The van der Waals surface area contributed by atoms with E-state index in [1.165, 1.54) is 16.9 Å². The molecule has 4 rings (SSSR count). The predicted octanol–water partition coefficient (Wildman–Crippen LogP) is 5.46. The molecule has 0 aromatic heterocycles. The van der Waals surface area contributed by atoms with E-state index in [4.69, 9.17) is 24.4 Å². The first-order valence-electron chi connectivity index (χ1n) is 12.4. The summed E-state index contributed by atoms with van der Waals surface area (Å²) < 4.78 is 0. The van der Waals surface area contributed by atoms with Gasteiger partial charge < -0.3 is 0 Å². The Morgan fingerprint density at radius 3 is 1.52 bits per heavy atom. The summed E-state index contributed by atoms with van der Waals surface area (Å²) in [4.78, 5) is 40.3. The minimum Gasteiger partial charge on any atom is -0.273 e. The van der Waals surface area contributed by atoms with E-state index in [9.17, 15) is 14.4 Å². The smallest absolute Gasteiger partial charge is 0.258 e. The monoisotopic (exact) mass is 566 g/mol. The molecule has 0 aliphatic carbocycles. The fourth-order valence-electron chi connectivity index (χ4n) is 3.92. The van der Waals surface area contributed by atoms with Gasteiger partial charge in [0.15, 0.2) is 0 Å². The lowest BCUT2D eigenvalue weighted by Crippen LogP contribution is -2.54. The van der Waals surface area contributed by atoms with Gasteiger partial charge in [0, 0.05) is 18.1 Å². The number of benzene rings is 4. The van der Waals surface area contributed by atoms with Crippen LogP contribution < -0.4 is 15.4 Å². The maximum absolute atomic E-state index is 13.6. The van der Waals surface area contributed by atoms with Crippen molar-refractivity contribution in [3.63, 3.8) is 0 Å². The van der Waals surface area contributed by atoms with Crippen molar-refractivity contribution in [3.8, 4) is 0 Å². The number of nitrogens with zero attached hydrogens (tertiary/aromatic N) is 3. The molecule has 0 fully saturated rings. The third-order valence-corrected chi connectivity index (χ3v) is 6.56. The van der Waals surface area contributed by atoms with Gasteiger partial charge >= 0.3 is 0 Å². The molecule has 0 bridgehead atoms. The number of nitrogens with one attached hydrogen (secondary N) is 1. The number of carbonyl (C=O) groups is 3. The summed E-state index contributed by atoms with van der Waals surface area (Å²) in [5.74, 6) is -2.01. The second-order valence-electron chi connectivity index (χ2n) is 8.60. The second kappa shape index (κ2) is 13.4. The van der Waals surface area contributed by atoms with E-state index in [1.54, 1.807) is 48.5 Å². The molecule has 0 aliphatic rings. The highest BCUT2D eigenvalue weighted by Gasteiger charge is 2.31. The summed E-state index contributed by atoms with van der Waals surface area (Å²) in [5.41, 5.74) is 5.19.